The van der Waals surface area contributed by atoms with E-state index in [1.54, 1.807) is 0 Å². The molecule has 4 saturated carbocycles. The van der Waals surface area contributed by atoms with Gasteiger partial charge in [0.05, 0.1) is 18.6 Å². The summed E-state index contributed by atoms with van der Waals surface area (Å²) in [6.07, 6.45) is 15.2. The third-order valence-electron chi connectivity index (χ3n) is 11.2. The second kappa shape index (κ2) is 10.1. The highest BCUT2D eigenvalue weighted by Crippen LogP contribution is 2.69. The van der Waals surface area contributed by atoms with Gasteiger partial charge in [0.25, 0.3) is 0 Å². The Morgan fingerprint density at radius 1 is 1.09 bits per heavy atom. The SMILES string of the molecule is C=COC(C)(OC=C)O[C@H]1C[C@H]2[C@@H](CC[C@@H]3CCCC[C@@]32C)[C@@H]2CC[C@H]([C@H](C)CCC(=O)O)[C@@]12C. The molecule has 35 heavy (non-hydrogen) atoms. The number of hydrogen-bond acceptors (Lipinski definition) is 4. The van der Waals surface area contributed by atoms with E-state index in [4.69, 9.17) is 14.2 Å². The average Bonchev–Trinajstić information content (AvgIpc) is 3.16. The smallest absolute Gasteiger partial charge is 0.367 e. The number of carbonyl (C=O) groups is 1. The molecule has 0 aromatic heterocycles. The minimum atomic E-state index is -1.27. The van der Waals surface area contributed by atoms with Crippen LogP contribution in [0.4, 0.5) is 0 Å². The van der Waals surface area contributed by atoms with Crippen molar-refractivity contribution in [2.75, 3.05) is 0 Å². The average molecular weight is 489 g/mol. The fourth-order valence-corrected chi connectivity index (χ4v) is 9.57. The van der Waals surface area contributed by atoms with Crippen LogP contribution in [0.1, 0.15) is 98.3 Å². The molecule has 0 aromatic rings. The van der Waals surface area contributed by atoms with Gasteiger partial charge in [-0.25, -0.2) is 0 Å². The van der Waals surface area contributed by atoms with Gasteiger partial charge < -0.3 is 19.3 Å². The summed E-state index contributed by atoms with van der Waals surface area (Å²) in [4.78, 5) is 11.4. The van der Waals surface area contributed by atoms with E-state index in [9.17, 15) is 9.90 Å². The molecule has 0 unspecified atom stereocenters. The van der Waals surface area contributed by atoms with Gasteiger partial charge in [-0.2, -0.15) is 0 Å². The number of carboxylic acids is 1. The van der Waals surface area contributed by atoms with Crippen LogP contribution in [0.2, 0.25) is 0 Å². The highest BCUT2D eigenvalue weighted by atomic mass is 16.9. The highest BCUT2D eigenvalue weighted by molar-refractivity contribution is 5.66. The first kappa shape index (κ1) is 26.6. The lowest BCUT2D eigenvalue weighted by atomic mass is 9.44. The maximum absolute atomic E-state index is 11.4. The fourth-order valence-electron chi connectivity index (χ4n) is 9.57. The molecule has 0 heterocycles. The molecule has 4 aliphatic rings. The van der Waals surface area contributed by atoms with Crippen molar-refractivity contribution >= 4 is 5.97 Å². The standard InChI is InChI=1S/C30H48O5/c1-7-33-30(6,34-8-2)35-26-19-25-22(14-13-21-11-9-10-18-28(21,25)4)24-16-15-23(29(24,26)5)20(3)12-17-27(31)32/h7-8,20-26H,1-2,9-19H2,3-6H3,(H,31,32)/t20-,21+,22+,23-,24+,25+,26+,28+,29-/m1/s1. The van der Waals surface area contributed by atoms with E-state index in [-0.39, 0.29) is 17.9 Å². The van der Waals surface area contributed by atoms with Gasteiger partial charge in [-0.1, -0.05) is 46.8 Å². The van der Waals surface area contributed by atoms with Crippen LogP contribution in [-0.4, -0.2) is 23.2 Å². The Morgan fingerprint density at radius 3 is 2.46 bits per heavy atom. The summed E-state index contributed by atoms with van der Waals surface area (Å²) in [6.45, 7) is 16.6. The van der Waals surface area contributed by atoms with Crippen LogP contribution >= 0.6 is 0 Å². The first-order valence-electron chi connectivity index (χ1n) is 14.1. The number of carboxylic acid groups (broad SMARTS) is 1. The summed E-state index contributed by atoms with van der Waals surface area (Å²) in [6, 6.07) is 0. The summed E-state index contributed by atoms with van der Waals surface area (Å²) < 4.78 is 18.4. The van der Waals surface area contributed by atoms with E-state index in [2.05, 4.69) is 33.9 Å². The Hall–Kier alpha value is -1.49. The molecule has 1 N–H and O–H groups in total. The first-order chi connectivity index (χ1) is 16.6. The van der Waals surface area contributed by atoms with Crippen LogP contribution < -0.4 is 0 Å². The van der Waals surface area contributed by atoms with Crippen molar-refractivity contribution in [3.8, 4) is 0 Å². The summed E-state index contributed by atoms with van der Waals surface area (Å²) in [5, 5.41) is 9.34. The molecular formula is C30H48O5. The molecule has 0 radical (unpaired) electrons. The lowest BCUT2D eigenvalue weighted by Gasteiger charge is -2.63. The van der Waals surface area contributed by atoms with E-state index in [1.807, 2.05) is 6.92 Å². The van der Waals surface area contributed by atoms with E-state index >= 15 is 0 Å². The third kappa shape index (κ3) is 4.67. The molecule has 198 valence electrons. The molecule has 0 spiro atoms. The minimum absolute atomic E-state index is 0.0315. The zero-order chi connectivity index (χ0) is 25.4. The highest BCUT2D eigenvalue weighted by Gasteiger charge is 2.65. The van der Waals surface area contributed by atoms with E-state index < -0.39 is 11.9 Å². The monoisotopic (exact) mass is 488 g/mol. The Labute approximate surface area is 212 Å². The van der Waals surface area contributed by atoms with Crippen LogP contribution in [0.25, 0.3) is 0 Å². The van der Waals surface area contributed by atoms with Crippen molar-refractivity contribution in [1.82, 2.24) is 0 Å². The lowest BCUT2D eigenvalue weighted by Crippen LogP contribution is -2.60. The predicted octanol–water partition coefficient (Wildman–Crippen LogP) is 7.53. The molecule has 0 aromatic carbocycles. The Kier molecular flexibility index (Phi) is 7.67. The van der Waals surface area contributed by atoms with Gasteiger partial charge in [0.1, 0.15) is 0 Å². The molecule has 4 rings (SSSR count). The lowest BCUT2D eigenvalue weighted by molar-refractivity contribution is -0.370. The molecule has 5 heteroatoms. The molecule has 9 atom stereocenters. The van der Waals surface area contributed by atoms with Gasteiger partial charge in [-0.15, -0.1) is 0 Å². The Morgan fingerprint density at radius 2 is 1.80 bits per heavy atom. The summed E-state index contributed by atoms with van der Waals surface area (Å²) >= 11 is 0. The van der Waals surface area contributed by atoms with Crippen molar-refractivity contribution in [2.24, 2.45) is 46.3 Å². The van der Waals surface area contributed by atoms with Crippen LogP contribution in [-0.2, 0) is 19.0 Å². The zero-order valence-electron chi connectivity index (χ0n) is 22.5. The van der Waals surface area contributed by atoms with Crippen LogP contribution in [0.5, 0.6) is 0 Å². The Bertz CT molecular complexity index is 784. The van der Waals surface area contributed by atoms with Gasteiger partial charge in [0.15, 0.2) is 0 Å². The maximum atomic E-state index is 11.4. The van der Waals surface area contributed by atoms with Crippen LogP contribution in [0, 0.1) is 46.3 Å². The number of hydrogen-bond donors (Lipinski definition) is 1. The molecule has 0 bridgehead atoms. The largest absolute Gasteiger partial charge is 0.481 e. The number of aliphatic carboxylic acids is 1. The van der Waals surface area contributed by atoms with Crippen LogP contribution in [0.15, 0.2) is 25.7 Å². The summed E-state index contributed by atoms with van der Waals surface area (Å²) in [5.74, 6) is 1.56. The molecule has 0 saturated heterocycles. The quantitative estimate of drug-likeness (QED) is 0.254. The van der Waals surface area contributed by atoms with E-state index in [0.717, 1.165) is 24.7 Å². The van der Waals surface area contributed by atoms with Gasteiger partial charge >= 0.3 is 11.9 Å². The first-order valence-corrected chi connectivity index (χ1v) is 14.1. The molecule has 4 aliphatic carbocycles. The number of fused-ring (bicyclic) bond motifs is 5. The third-order valence-corrected chi connectivity index (χ3v) is 11.2. The number of rotatable bonds is 10. The predicted molar refractivity (Wildman–Crippen MR) is 137 cm³/mol. The Balaban J connectivity index is 1.70. The van der Waals surface area contributed by atoms with E-state index in [0.29, 0.717) is 35.5 Å². The second-order valence-electron chi connectivity index (χ2n) is 12.6. The molecule has 5 nitrogen and oxygen atoms in total. The van der Waals surface area contributed by atoms with Gasteiger partial charge in [0.2, 0.25) is 0 Å². The summed E-state index contributed by atoms with van der Waals surface area (Å²) in [5.41, 5.74) is 0.333. The molecule has 4 fully saturated rings. The topological polar surface area (TPSA) is 65.0 Å². The van der Waals surface area contributed by atoms with Crippen molar-refractivity contribution in [3.05, 3.63) is 25.7 Å². The van der Waals surface area contributed by atoms with Gasteiger partial charge in [-0.3, -0.25) is 4.79 Å². The zero-order valence-corrected chi connectivity index (χ0v) is 22.5. The van der Waals surface area contributed by atoms with Gasteiger partial charge in [-0.05, 0) is 92.3 Å². The summed E-state index contributed by atoms with van der Waals surface area (Å²) in [7, 11) is 0. The maximum Gasteiger partial charge on any atom is 0.367 e. The molecular weight excluding hydrogens is 440 g/mol. The second-order valence-corrected chi connectivity index (χ2v) is 12.6. The van der Waals surface area contributed by atoms with Crippen molar-refractivity contribution in [1.29, 1.82) is 0 Å². The molecule has 0 aliphatic heterocycles. The van der Waals surface area contributed by atoms with Crippen LogP contribution in [0.3, 0.4) is 0 Å². The number of ether oxygens (including phenoxy) is 3. The van der Waals surface area contributed by atoms with E-state index in [1.165, 1.54) is 57.5 Å². The normalized spacial score (nSPS) is 41.6. The van der Waals surface area contributed by atoms with Crippen molar-refractivity contribution in [3.63, 3.8) is 0 Å². The van der Waals surface area contributed by atoms with Crippen molar-refractivity contribution < 1.29 is 24.1 Å². The van der Waals surface area contributed by atoms with Crippen molar-refractivity contribution in [2.45, 2.75) is 110 Å². The fraction of sp³-hybridized carbons (Fsp3) is 0.833. The molecule has 0 amide bonds. The van der Waals surface area contributed by atoms with Gasteiger partial charge in [0, 0.05) is 18.8 Å². The minimum Gasteiger partial charge on any atom is -0.481 e.